The Bertz CT molecular complexity index is 1830. The van der Waals surface area contributed by atoms with E-state index in [2.05, 4.69) is 36.6 Å². The Kier molecular flexibility index (Phi) is 23.6. The molecule has 0 fully saturated rings. The zero-order valence-electron chi connectivity index (χ0n) is 40.5. The smallest absolute Gasteiger partial charge is 0.408 e. The number of amides is 6. The third-order valence-electron chi connectivity index (χ3n) is 8.38. The van der Waals surface area contributed by atoms with Crippen LogP contribution >= 0.6 is 0 Å². The summed E-state index contributed by atoms with van der Waals surface area (Å²) in [5, 5.41) is 15.0. The van der Waals surface area contributed by atoms with Crippen LogP contribution in [0.15, 0.2) is 0 Å². The number of alkyl carbamates (subject to hydrolysis) is 4. The summed E-state index contributed by atoms with van der Waals surface area (Å²) < 4.78 is 96.7. The molecule has 0 bridgehead atoms. The highest BCUT2D eigenvalue weighted by molar-refractivity contribution is 5.90. The highest BCUT2D eigenvalue weighted by atomic mass is 19.2. The first-order valence-corrected chi connectivity index (χ1v) is 21.9. The number of ether oxygens (including phenoxy) is 5. The lowest BCUT2D eigenvalue weighted by Crippen LogP contribution is -2.53. The van der Waals surface area contributed by atoms with Crippen molar-refractivity contribution in [2.75, 3.05) is 19.6 Å². The Hall–Kier alpha value is -5.64. The molecule has 23 heteroatoms. The third kappa shape index (κ3) is 25.2. The van der Waals surface area contributed by atoms with Gasteiger partial charge < -0.3 is 55.6 Å². The molecular weight excluding hydrogens is 900 g/mol. The molecule has 0 aliphatic rings. The lowest BCUT2D eigenvalue weighted by molar-refractivity contribution is -0.140. The monoisotopic (exact) mass is 968 g/mol. The Balaban J connectivity index is 3.23. The van der Waals surface area contributed by atoms with Crippen molar-refractivity contribution in [1.29, 1.82) is 0 Å². The molecule has 0 aliphatic carbocycles. The number of nitrogens with one attached hydrogen (secondary N) is 6. The van der Waals surface area contributed by atoms with Crippen LogP contribution in [0, 0.1) is 29.1 Å². The molecule has 3 atom stereocenters. The van der Waals surface area contributed by atoms with Gasteiger partial charge in [-0.05, 0) is 141 Å². The summed E-state index contributed by atoms with van der Waals surface area (Å²) in [5.74, 6) is -17.4. The Morgan fingerprint density at radius 3 is 1.09 bits per heavy atom. The van der Waals surface area contributed by atoms with Crippen molar-refractivity contribution in [2.45, 2.75) is 181 Å². The van der Waals surface area contributed by atoms with Crippen LogP contribution in [0.2, 0.25) is 0 Å². The summed E-state index contributed by atoms with van der Waals surface area (Å²) in [5.41, 5.74) is -3.37. The van der Waals surface area contributed by atoms with E-state index in [9.17, 15) is 55.5 Å². The number of halogens is 5. The molecule has 0 aromatic heterocycles. The van der Waals surface area contributed by atoms with Gasteiger partial charge in [0.2, 0.25) is 46.6 Å². The van der Waals surface area contributed by atoms with Crippen molar-refractivity contribution in [3.8, 4) is 5.75 Å². The van der Waals surface area contributed by atoms with Gasteiger partial charge in [-0.25, -0.2) is 37.1 Å². The van der Waals surface area contributed by atoms with E-state index in [0.29, 0.717) is 12.8 Å². The van der Waals surface area contributed by atoms with Crippen molar-refractivity contribution in [2.24, 2.45) is 0 Å². The molecule has 0 heterocycles. The normalized spacial score (nSPS) is 13.2. The van der Waals surface area contributed by atoms with Crippen molar-refractivity contribution >= 4 is 42.2 Å². The maximum Gasteiger partial charge on any atom is 0.408 e. The molecule has 6 N–H and O–H groups in total. The second-order valence-electron chi connectivity index (χ2n) is 19.4. The molecule has 0 saturated carbocycles. The Morgan fingerprint density at radius 2 is 0.716 bits per heavy atom. The molecular formula is C44H69F5N6O12. The quantitative estimate of drug-likeness (QED) is 0.0128. The van der Waals surface area contributed by atoms with Gasteiger partial charge >= 0.3 is 30.3 Å². The highest BCUT2D eigenvalue weighted by Crippen LogP contribution is 2.29. The number of esters is 1. The van der Waals surface area contributed by atoms with E-state index >= 15 is 0 Å². The largest absolute Gasteiger partial charge is 0.444 e. The van der Waals surface area contributed by atoms with E-state index in [0.717, 1.165) is 0 Å². The van der Waals surface area contributed by atoms with Gasteiger partial charge in [0.25, 0.3) is 0 Å². The van der Waals surface area contributed by atoms with Crippen LogP contribution in [0.5, 0.6) is 5.75 Å². The van der Waals surface area contributed by atoms with Crippen LogP contribution in [0.25, 0.3) is 0 Å². The number of hydrogen-bond donors (Lipinski definition) is 6. The average molecular weight is 969 g/mol. The van der Waals surface area contributed by atoms with Gasteiger partial charge in [-0.1, -0.05) is 0 Å². The maximum absolute atomic E-state index is 14.6. The zero-order valence-corrected chi connectivity index (χ0v) is 40.5. The summed E-state index contributed by atoms with van der Waals surface area (Å²) in [6, 6.07) is -4.35. The van der Waals surface area contributed by atoms with E-state index in [4.69, 9.17) is 18.9 Å². The second kappa shape index (κ2) is 26.6. The van der Waals surface area contributed by atoms with Crippen LogP contribution < -0.4 is 36.6 Å². The second-order valence-corrected chi connectivity index (χ2v) is 19.4. The van der Waals surface area contributed by atoms with Gasteiger partial charge in [0.05, 0.1) is 0 Å². The summed E-state index contributed by atoms with van der Waals surface area (Å²) in [6.45, 7) is 20.0. The van der Waals surface area contributed by atoms with Gasteiger partial charge in [0, 0.05) is 19.6 Å². The molecule has 1 rings (SSSR count). The van der Waals surface area contributed by atoms with Crippen molar-refractivity contribution < 1.29 is 79.2 Å². The molecule has 0 spiro atoms. The highest BCUT2D eigenvalue weighted by Gasteiger charge is 2.34. The standard InChI is InChI=1S/C44H69F5N6O12/c1-41(2,3)64-37(59)51-23-17-13-19-25(54-39(61)66-43(7,8)9)34(56)50-22-16-15-21-27(36(58)63-33-31(48)29(46)28(45)30(47)32(33)49)53-35(57)26(55-40(62)67-44(10,11)12)20-14-18-24-52-38(60)65-42(4,5)6/h25-27H,13-24H2,1-12H3,(H,50,56)(H,51,59)(H,52,60)(H,53,57)(H,54,61)(H,55,62). The summed E-state index contributed by atoms with van der Waals surface area (Å²) in [6.07, 6.45) is -2.34. The molecule has 1 aromatic carbocycles. The van der Waals surface area contributed by atoms with Crippen LogP contribution in [0.4, 0.5) is 41.1 Å². The zero-order chi connectivity index (χ0) is 51.5. The minimum Gasteiger partial charge on any atom is -0.444 e. The molecule has 18 nitrogen and oxygen atoms in total. The van der Waals surface area contributed by atoms with E-state index in [1.807, 2.05) is 0 Å². The fourth-order valence-corrected chi connectivity index (χ4v) is 5.57. The number of rotatable bonds is 22. The number of carbonyl (C=O) groups is 7. The van der Waals surface area contributed by atoms with Crippen LogP contribution in [-0.4, -0.2) is 102 Å². The molecule has 0 radical (unpaired) electrons. The Morgan fingerprint density at radius 1 is 0.403 bits per heavy atom. The number of benzene rings is 1. The first kappa shape index (κ1) is 59.4. The predicted molar refractivity (Wildman–Crippen MR) is 233 cm³/mol. The van der Waals surface area contributed by atoms with Crippen LogP contribution in [0.1, 0.15) is 141 Å². The van der Waals surface area contributed by atoms with Crippen molar-refractivity contribution in [3.05, 3.63) is 29.1 Å². The summed E-state index contributed by atoms with van der Waals surface area (Å²) >= 11 is 0. The SMILES string of the molecule is CC(C)(C)OC(=O)NCCCCC(NC(=O)OC(C)(C)C)C(=O)NCCCCC(NC(=O)C(CCCCNC(=O)OC(C)(C)C)NC(=O)OC(C)(C)C)C(=O)Oc1c(F)c(F)c(F)c(F)c1F. The van der Waals surface area contributed by atoms with E-state index in [1.54, 1.807) is 83.1 Å². The van der Waals surface area contributed by atoms with Crippen molar-refractivity contribution in [1.82, 2.24) is 31.9 Å². The number of unbranched alkanes of at least 4 members (excludes halogenated alkanes) is 3. The van der Waals surface area contributed by atoms with Crippen molar-refractivity contribution in [3.63, 3.8) is 0 Å². The fourth-order valence-electron chi connectivity index (χ4n) is 5.57. The molecule has 0 saturated heterocycles. The van der Waals surface area contributed by atoms with Gasteiger partial charge in [0.1, 0.15) is 40.5 Å². The van der Waals surface area contributed by atoms with Gasteiger partial charge in [-0.3, -0.25) is 9.59 Å². The molecule has 382 valence electrons. The van der Waals surface area contributed by atoms with E-state index in [1.165, 1.54) is 0 Å². The molecule has 6 amide bonds. The predicted octanol–water partition coefficient (Wildman–Crippen LogP) is 7.24. The lowest BCUT2D eigenvalue weighted by Gasteiger charge is -2.25. The van der Waals surface area contributed by atoms with Crippen LogP contribution in [-0.2, 0) is 33.3 Å². The molecule has 1 aromatic rings. The topological polar surface area (TPSA) is 238 Å². The summed E-state index contributed by atoms with van der Waals surface area (Å²) in [4.78, 5) is 89.9. The molecule has 67 heavy (non-hydrogen) atoms. The van der Waals surface area contributed by atoms with Crippen LogP contribution in [0.3, 0.4) is 0 Å². The fraction of sp³-hybridized carbons (Fsp3) is 0.705. The molecule has 3 unspecified atom stereocenters. The lowest BCUT2D eigenvalue weighted by atomic mass is 10.1. The van der Waals surface area contributed by atoms with E-state index < -0.39 is 118 Å². The van der Waals surface area contributed by atoms with Gasteiger partial charge in [-0.2, -0.15) is 8.78 Å². The minimum absolute atomic E-state index is 0.0432. The minimum atomic E-state index is -2.50. The molecule has 0 aliphatic heterocycles. The average Bonchev–Trinajstić information content (AvgIpc) is 3.16. The third-order valence-corrected chi connectivity index (χ3v) is 8.38. The Labute approximate surface area is 388 Å². The number of hydrogen-bond acceptors (Lipinski definition) is 12. The van der Waals surface area contributed by atoms with Gasteiger partial charge in [0.15, 0.2) is 0 Å². The summed E-state index contributed by atoms with van der Waals surface area (Å²) in [7, 11) is 0. The first-order chi connectivity index (χ1) is 30.7. The van der Waals surface area contributed by atoms with E-state index in [-0.39, 0.29) is 64.6 Å². The van der Waals surface area contributed by atoms with Gasteiger partial charge in [-0.15, -0.1) is 0 Å². The first-order valence-electron chi connectivity index (χ1n) is 21.9. The number of carbonyl (C=O) groups excluding carboxylic acids is 7. The maximum atomic E-state index is 14.6.